The highest BCUT2D eigenvalue weighted by molar-refractivity contribution is 5.86. The number of nitrogens with one attached hydrogen (secondary N) is 1. The lowest BCUT2D eigenvalue weighted by atomic mass is 10.1. The Bertz CT molecular complexity index is 150. The van der Waals surface area contributed by atoms with E-state index in [4.69, 9.17) is 4.74 Å². The summed E-state index contributed by atoms with van der Waals surface area (Å²) in [5, 5.41) is 2.74. The fraction of sp³-hybridized carbons (Fsp3) is 0.625. The Hall–Kier alpha value is -0.830. The number of carbonyl (C=O) groups is 1. The first kappa shape index (κ1) is 8.27. The van der Waals surface area contributed by atoms with Gasteiger partial charge in [-0.05, 0) is 12.5 Å². The summed E-state index contributed by atoms with van der Waals surface area (Å²) in [4.78, 5) is 10.7. The van der Waals surface area contributed by atoms with E-state index in [1.807, 2.05) is 0 Å². The number of hydrogen-bond acceptors (Lipinski definition) is 2. The number of ether oxygens (including phenoxy) is 1. The minimum absolute atomic E-state index is 0.100. The summed E-state index contributed by atoms with van der Waals surface area (Å²) < 4.78 is 5.15. The van der Waals surface area contributed by atoms with Crippen LogP contribution in [0.2, 0.25) is 0 Å². The van der Waals surface area contributed by atoms with Crippen LogP contribution in [0, 0.1) is 5.92 Å². The summed E-state index contributed by atoms with van der Waals surface area (Å²) in [7, 11) is 0. The van der Waals surface area contributed by atoms with Gasteiger partial charge < -0.3 is 10.1 Å². The zero-order chi connectivity index (χ0) is 8.10. The second-order valence-corrected chi connectivity index (χ2v) is 2.68. The van der Waals surface area contributed by atoms with E-state index in [1.54, 1.807) is 0 Å². The molecule has 3 nitrogen and oxygen atoms in total. The number of hydrogen-bond donors (Lipinski definition) is 1. The average molecular weight is 155 g/mol. The lowest BCUT2D eigenvalue weighted by Crippen LogP contribution is -2.27. The molecule has 1 aliphatic rings. The van der Waals surface area contributed by atoms with Crippen LogP contribution in [0.3, 0.4) is 0 Å². The molecule has 0 aromatic rings. The third-order valence-electron chi connectivity index (χ3n) is 1.77. The molecule has 0 bridgehead atoms. The molecule has 1 heterocycles. The Balaban J connectivity index is 2.10. The fourth-order valence-electron chi connectivity index (χ4n) is 1.06. The maximum atomic E-state index is 10.7. The topological polar surface area (TPSA) is 38.3 Å². The number of amides is 1. The lowest BCUT2D eigenvalue weighted by molar-refractivity contribution is -0.116. The molecule has 0 saturated carbocycles. The van der Waals surface area contributed by atoms with Crippen LogP contribution in [0.15, 0.2) is 12.7 Å². The average Bonchev–Trinajstić information content (AvgIpc) is 2.52. The molecule has 1 amide bonds. The van der Waals surface area contributed by atoms with Crippen LogP contribution in [-0.4, -0.2) is 25.7 Å². The van der Waals surface area contributed by atoms with Crippen LogP contribution >= 0.6 is 0 Å². The van der Waals surface area contributed by atoms with E-state index in [9.17, 15) is 4.79 Å². The maximum absolute atomic E-state index is 10.7. The molecule has 3 heteroatoms. The molecule has 0 unspecified atom stereocenters. The van der Waals surface area contributed by atoms with Crippen molar-refractivity contribution in [3.8, 4) is 0 Å². The van der Waals surface area contributed by atoms with Gasteiger partial charge in [-0.2, -0.15) is 0 Å². The SMILES string of the molecule is C=CC(=O)NC[C@H]1CCOC1. The van der Waals surface area contributed by atoms with Crippen molar-refractivity contribution in [3.63, 3.8) is 0 Å². The van der Waals surface area contributed by atoms with Crippen molar-refractivity contribution < 1.29 is 9.53 Å². The standard InChI is InChI=1S/C8H13NO2/c1-2-8(10)9-5-7-3-4-11-6-7/h2,7H,1,3-6H2,(H,9,10)/t7-/m1/s1. The van der Waals surface area contributed by atoms with Crippen LogP contribution in [0.25, 0.3) is 0 Å². The summed E-state index contributed by atoms with van der Waals surface area (Å²) in [5.41, 5.74) is 0. The van der Waals surface area contributed by atoms with Gasteiger partial charge in [0.1, 0.15) is 0 Å². The molecular formula is C8H13NO2. The Morgan fingerprint density at radius 3 is 3.18 bits per heavy atom. The predicted octanol–water partition coefficient (Wildman–Crippen LogP) is 0.325. The van der Waals surface area contributed by atoms with E-state index < -0.39 is 0 Å². The fourth-order valence-corrected chi connectivity index (χ4v) is 1.06. The monoisotopic (exact) mass is 155 g/mol. The molecule has 62 valence electrons. The van der Waals surface area contributed by atoms with E-state index in [2.05, 4.69) is 11.9 Å². The van der Waals surface area contributed by atoms with Crippen molar-refractivity contribution in [2.75, 3.05) is 19.8 Å². The molecule has 0 spiro atoms. The number of rotatable bonds is 3. The number of carbonyl (C=O) groups excluding carboxylic acids is 1. The van der Waals surface area contributed by atoms with Crippen molar-refractivity contribution in [3.05, 3.63) is 12.7 Å². The molecular weight excluding hydrogens is 142 g/mol. The predicted molar refractivity (Wildman–Crippen MR) is 42.1 cm³/mol. The van der Waals surface area contributed by atoms with E-state index >= 15 is 0 Å². The largest absolute Gasteiger partial charge is 0.381 e. The third-order valence-corrected chi connectivity index (χ3v) is 1.77. The first-order valence-corrected chi connectivity index (χ1v) is 3.81. The molecule has 1 fully saturated rings. The first-order chi connectivity index (χ1) is 5.33. The summed E-state index contributed by atoms with van der Waals surface area (Å²) in [6.07, 6.45) is 2.34. The molecule has 0 radical (unpaired) electrons. The summed E-state index contributed by atoms with van der Waals surface area (Å²) in [6.45, 7) is 5.68. The second kappa shape index (κ2) is 4.13. The highest BCUT2D eigenvalue weighted by atomic mass is 16.5. The quantitative estimate of drug-likeness (QED) is 0.596. The molecule has 0 aromatic carbocycles. The third kappa shape index (κ3) is 2.72. The Labute approximate surface area is 66.4 Å². The van der Waals surface area contributed by atoms with Crippen LogP contribution in [0.5, 0.6) is 0 Å². The summed E-state index contributed by atoms with van der Waals surface area (Å²) in [5.74, 6) is 0.399. The van der Waals surface area contributed by atoms with Gasteiger partial charge in [0.05, 0.1) is 6.61 Å². The molecule has 1 rings (SSSR count). The minimum Gasteiger partial charge on any atom is -0.381 e. The molecule has 1 atom stereocenters. The van der Waals surface area contributed by atoms with Gasteiger partial charge in [0.25, 0.3) is 0 Å². The van der Waals surface area contributed by atoms with Gasteiger partial charge in [-0.1, -0.05) is 6.58 Å². The highest BCUT2D eigenvalue weighted by Crippen LogP contribution is 2.10. The van der Waals surface area contributed by atoms with Crippen molar-refractivity contribution in [2.45, 2.75) is 6.42 Å². The normalized spacial score (nSPS) is 23.1. The Kier molecular flexibility index (Phi) is 3.11. The van der Waals surface area contributed by atoms with Crippen molar-refractivity contribution >= 4 is 5.91 Å². The van der Waals surface area contributed by atoms with Crippen LogP contribution in [0.4, 0.5) is 0 Å². The smallest absolute Gasteiger partial charge is 0.243 e. The van der Waals surface area contributed by atoms with Crippen LogP contribution < -0.4 is 5.32 Å². The van der Waals surface area contributed by atoms with Crippen LogP contribution in [-0.2, 0) is 9.53 Å². The Morgan fingerprint density at radius 2 is 2.64 bits per heavy atom. The van der Waals surface area contributed by atoms with Gasteiger partial charge in [0.15, 0.2) is 0 Å². The molecule has 0 aromatic heterocycles. The lowest BCUT2D eigenvalue weighted by Gasteiger charge is -2.06. The van der Waals surface area contributed by atoms with Crippen molar-refractivity contribution in [1.29, 1.82) is 0 Å². The van der Waals surface area contributed by atoms with Crippen molar-refractivity contribution in [2.24, 2.45) is 5.92 Å². The van der Waals surface area contributed by atoms with E-state index in [-0.39, 0.29) is 5.91 Å². The first-order valence-electron chi connectivity index (χ1n) is 3.81. The summed E-state index contributed by atoms with van der Waals surface area (Å²) in [6, 6.07) is 0. The zero-order valence-corrected chi connectivity index (χ0v) is 6.51. The molecule has 1 N–H and O–H groups in total. The highest BCUT2D eigenvalue weighted by Gasteiger charge is 2.15. The van der Waals surface area contributed by atoms with E-state index in [0.717, 1.165) is 19.6 Å². The van der Waals surface area contributed by atoms with Gasteiger partial charge >= 0.3 is 0 Å². The van der Waals surface area contributed by atoms with Crippen LogP contribution in [0.1, 0.15) is 6.42 Å². The minimum atomic E-state index is -0.100. The zero-order valence-electron chi connectivity index (χ0n) is 6.51. The molecule has 11 heavy (non-hydrogen) atoms. The van der Waals surface area contributed by atoms with Gasteiger partial charge in [-0.3, -0.25) is 4.79 Å². The second-order valence-electron chi connectivity index (χ2n) is 2.68. The molecule has 1 saturated heterocycles. The Morgan fingerprint density at radius 1 is 1.82 bits per heavy atom. The molecule has 0 aliphatic carbocycles. The van der Waals surface area contributed by atoms with E-state index in [0.29, 0.717) is 12.5 Å². The van der Waals surface area contributed by atoms with Gasteiger partial charge in [-0.25, -0.2) is 0 Å². The molecule has 1 aliphatic heterocycles. The maximum Gasteiger partial charge on any atom is 0.243 e. The van der Waals surface area contributed by atoms with Gasteiger partial charge in [0.2, 0.25) is 5.91 Å². The summed E-state index contributed by atoms with van der Waals surface area (Å²) >= 11 is 0. The van der Waals surface area contributed by atoms with E-state index in [1.165, 1.54) is 6.08 Å². The van der Waals surface area contributed by atoms with Gasteiger partial charge in [0, 0.05) is 19.1 Å². The van der Waals surface area contributed by atoms with Crippen molar-refractivity contribution in [1.82, 2.24) is 5.32 Å². The van der Waals surface area contributed by atoms with Gasteiger partial charge in [-0.15, -0.1) is 0 Å².